The van der Waals surface area contributed by atoms with E-state index in [4.69, 9.17) is 0 Å². The van der Waals surface area contributed by atoms with Crippen LogP contribution in [0.3, 0.4) is 0 Å². The summed E-state index contributed by atoms with van der Waals surface area (Å²) in [6.07, 6.45) is 7.61. The quantitative estimate of drug-likeness (QED) is 0.869. The molecule has 1 unspecified atom stereocenters. The number of aromatic nitrogens is 2. The fourth-order valence-corrected chi connectivity index (χ4v) is 3.37. The van der Waals surface area contributed by atoms with Gasteiger partial charge in [0.1, 0.15) is 0 Å². The van der Waals surface area contributed by atoms with Gasteiger partial charge in [-0.1, -0.05) is 26.7 Å². The summed E-state index contributed by atoms with van der Waals surface area (Å²) < 4.78 is 2.06. The first-order chi connectivity index (χ1) is 8.59. The van der Waals surface area contributed by atoms with E-state index in [-0.39, 0.29) is 0 Å². The second kappa shape index (κ2) is 5.43. The zero-order valence-electron chi connectivity index (χ0n) is 12.3. The maximum absolute atomic E-state index is 4.55. The van der Waals surface area contributed by atoms with Crippen molar-refractivity contribution >= 4 is 0 Å². The summed E-state index contributed by atoms with van der Waals surface area (Å²) in [6.45, 7) is 4.61. The van der Waals surface area contributed by atoms with Crippen LogP contribution >= 0.6 is 0 Å². The van der Waals surface area contributed by atoms with Gasteiger partial charge in [0.25, 0.3) is 0 Å². The predicted molar refractivity (Wildman–Crippen MR) is 75.7 cm³/mol. The lowest BCUT2D eigenvalue weighted by atomic mass is 9.78. The third-order valence-electron chi connectivity index (χ3n) is 4.74. The SMILES string of the molecule is CCc1cc(CC(NC)C2(C)CCCC2)n(C)n1. The van der Waals surface area contributed by atoms with E-state index in [9.17, 15) is 0 Å². The Balaban J connectivity index is 2.12. The van der Waals surface area contributed by atoms with Gasteiger partial charge in [-0.3, -0.25) is 4.68 Å². The summed E-state index contributed by atoms with van der Waals surface area (Å²) in [4.78, 5) is 0. The fraction of sp³-hybridized carbons (Fsp3) is 0.800. The molecule has 0 aromatic carbocycles. The van der Waals surface area contributed by atoms with Crippen LogP contribution in [-0.4, -0.2) is 22.9 Å². The molecule has 3 heteroatoms. The zero-order valence-corrected chi connectivity index (χ0v) is 12.3. The van der Waals surface area contributed by atoms with Gasteiger partial charge < -0.3 is 5.32 Å². The molecule has 3 nitrogen and oxygen atoms in total. The summed E-state index contributed by atoms with van der Waals surface area (Å²) in [7, 11) is 4.17. The van der Waals surface area contributed by atoms with Crippen molar-refractivity contribution in [1.29, 1.82) is 0 Å². The zero-order chi connectivity index (χ0) is 13.2. The molecule has 1 N–H and O–H groups in total. The van der Waals surface area contributed by atoms with Gasteiger partial charge >= 0.3 is 0 Å². The van der Waals surface area contributed by atoms with Crippen LogP contribution in [0.1, 0.15) is 50.9 Å². The molecular formula is C15H27N3. The van der Waals surface area contributed by atoms with Gasteiger partial charge in [0.15, 0.2) is 0 Å². The molecule has 0 bridgehead atoms. The van der Waals surface area contributed by atoms with Gasteiger partial charge in [-0.05, 0) is 37.8 Å². The highest BCUT2D eigenvalue weighted by atomic mass is 15.3. The van der Waals surface area contributed by atoms with Gasteiger partial charge in [0.2, 0.25) is 0 Å². The van der Waals surface area contributed by atoms with Crippen molar-refractivity contribution in [3.8, 4) is 0 Å². The van der Waals surface area contributed by atoms with Crippen molar-refractivity contribution in [2.75, 3.05) is 7.05 Å². The Hall–Kier alpha value is -0.830. The Bertz CT molecular complexity index is 388. The molecule has 1 fully saturated rings. The van der Waals surface area contributed by atoms with Crippen LogP contribution < -0.4 is 5.32 Å². The van der Waals surface area contributed by atoms with Crippen LogP contribution in [-0.2, 0) is 19.9 Å². The standard InChI is InChI=1S/C15H27N3/c1-5-12-10-13(18(4)17-12)11-14(16-3)15(2)8-6-7-9-15/h10,14,16H,5-9,11H2,1-4H3. The molecule has 1 aliphatic rings. The van der Waals surface area contributed by atoms with Gasteiger partial charge in [-0.2, -0.15) is 5.10 Å². The Morgan fingerprint density at radius 2 is 2.11 bits per heavy atom. The Morgan fingerprint density at radius 1 is 1.44 bits per heavy atom. The van der Waals surface area contributed by atoms with Crippen molar-refractivity contribution in [1.82, 2.24) is 15.1 Å². The summed E-state index contributed by atoms with van der Waals surface area (Å²) in [6, 6.07) is 2.84. The van der Waals surface area contributed by atoms with Gasteiger partial charge in [0, 0.05) is 25.2 Å². The van der Waals surface area contributed by atoms with Crippen LogP contribution in [0.5, 0.6) is 0 Å². The van der Waals surface area contributed by atoms with Crippen molar-refractivity contribution in [3.05, 3.63) is 17.5 Å². The summed E-state index contributed by atoms with van der Waals surface area (Å²) >= 11 is 0. The molecule has 1 saturated carbocycles. The predicted octanol–water partition coefficient (Wildman–Crippen LogP) is 2.69. The number of aryl methyl sites for hydroxylation is 2. The molecule has 1 heterocycles. The average molecular weight is 249 g/mol. The minimum Gasteiger partial charge on any atom is -0.316 e. The number of hydrogen-bond donors (Lipinski definition) is 1. The van der Waals surface area contributed by atoms with E-state index in [0.717, 1.165) is 12.8 Å². The third-order valence-corrected chi connectivity index (χ3v) is 4.74. The van der Waals surface area contributed by atoms with E-state index >= 15 is 0 Å². The van der Waals surface area contributed by atoms with Crippen LogP contribution in [0.25, 0.3) is 0 Å². The average Bonchev–Trinajstić information content (AvgIpc) is 2.93. The van der Waals surface area contributed by atoms with Crippen molar-refractivity contribution < 1.29 is 0 Å². The lowest BCUT2D eigenvalue weighted by Gasteiger charge is -2.34. The normalized spacial score (nSPS) is 20.2. The van der Waals surface area contributed by atoms with Crippen molar-refractivity contribution in [3.63, 3.8) is 0 Å². The molecule has 0 saturated heterocycles. The van der Waals surface area contributed by atoms with Crippen molar-refractivity contribution in [2.24, 2.45) is 12.5 Å². The largest absolute Gasteiger partial charge is 0.316 e. The molecule has 0 spiro atoms. The van der Waals surface area contributed by atoms with Crippen LogP contribution in [0.2, 0.25) is 0 Å². The molecule has 18 heavy (non-hydrogen) atoms. The van der Waals surface area contributed by atoms with Gasteiger partial charge in [0.05, 0.1) is 5.69 Å². The lowest BCUT2D eigenvalue weighted by molar-refractivity contribution is 0.227. The van der Waals surface area contributed by atoms with E-state index in [1.54, 1.807) is 0 Å². The fourth-order valence-electron chi connectivity index (χ4n) is 3.37. The van der Waals surface area contributed by atoms with E-state index in [0.29, 0.717) is 11.5 Å². The number of hydrogen-bond acceptors (Lipinski definition) is 2. The number of likely N-dealkylation sites (N-methyl/N-ethyl adjacent to an activating group) is 1. The lowest BCUT2D eigenvalue weighted by Crippen LogP contribution is -2.42. The highest BCUT2D eigenvalue weighted by Crippen LogP contribution is 2.41. The summed E-state index contributed by atoms with van der Waals surface area (Å²) in [5.74, 6) is 0. The van der Waals surface area contributed by atoms with Gasteiger partial charge in [-0.15, -0.1) is 0 Å². The monoisotopic (exact) mass is 249 g/mol. The molecule has 1 aliphatic carbocycles. The maximum Gasteiger partial charge on any atom is 0.0624 e. The molecular weight excluding hydrogens is 222 g/mol. The van der Waals surface area contributed by atoms with Crippen LogP contribution in [0.4, 0.5) is 0 Å². The maximum atomic E-state index is 4.55. The summed E-state index contributed by atoms with van der Waals surface area (Å²) in [5, 5.41) is 8.10. The van der Waals surface area contributed by atoms with E-state index in [1.165, 1.54) is 37.1 Å². The minimum atomic E-state index is 0.464. The topological polar surface area (TPSA) is 29.9 Å². The third kappa shape index (κ3) is 2.61. The van der Waals surface area contributed by atoms with Crippen molar-refractivity contribution in [2.45, 2.75) is 58.4 Å². The van der Waals surface area contributed by atoms with Gasteiger partial charge in [-0.25, -0.2) is 0 Å². The molecule has 102 valence electrons. The second-order valence-corrected chi connectivity index (χ2v) is 6.01. The minimum absolute atomic E-state index is 0.464. The number of nitrogens with zero attached hydrogens (tertiary/aromatic N) is 2. The Morgan fingerprint density at radius 3 is 2.61 bits per heavy atom. The van der Waals surface area contributed by atoms with E-state index in [2.05, 4.69) is 49.1 Å². The van der Waals surface area contributed by atoms with E-state index < -0.39 is 0 Å². The number of nitrogens with one attached hydrogen (secondary N) is 1. The summed E-state index contributed by atoms with van der Waals surface area (Å²) in [5.41, 5.74) is 3.03. The molecule has 0 amide bonds. The Kier molecular flexibility index (Phi) is 4.10. The molecule has 0 radical (unpaired) electrons. The second-order valence-electron chi connectivity index (χ2n) is 6.01. The first-order valence-electron chi connectivity index (χ1n) is 7.28. The van der Waals surface area contributed by atoms with Crippen LogP contribution in [0, 0.1) is 5.41 Å². The number of rotatable bonds is 5. The first kappa shape index (κ1) is 13.6. The van der Waals surface area contributed by atoms with Crippen LogP contribution in [0.15, 0.2) is 6.07 Å². The smallest absolute Gasteiger partial charge is 0.0624 e. The first-order valence-corrected chi connectivity index (χ1v) is 7.28. The molecule has 1 aromatic heterocycles. The Labute approximate surface area is 111 Å². The molecule has 1 atom stereocenters. The molecule has 2 rings (SSSR count). The highest BCUT2D eigenvalue weighted by Gasteiger charge is 2.36. The molecule has 0 aliphatic heterocycles. The highest BCUT2D eigenvalue weighted by molar-refractivity contribution is 5.13. The van der Waals surface area contributed by atoms with E-state index in [1.807, 2.05) is 0 Å². The molecule has 1 aromatic rings.